The molecule has 2 heteroatoms. The third kappa shape index (κ3) is 6.13. The van der Waals surface area contributed by atoms with Crippen LogP contribution >= 0.6 is 0 Å². The van der Waals surface area contributed by atoms with Gasteiger partial charge in [0.1, 0.15) is 5.83 Å². The maximum absolute atomic E-state index is 13.5. The third-order valence-electron chi connectivity index (χ3n) is 4.38. The van der Waals surface area contributed by atoms with Gasteiger partial charge in [-0.05, 0) is 56.6 Å². The van der Waals surface area contributed by atoms with Crippen LogP contribution in [0.15, 0.2) is 63.5 Å². The van der Waals surface area contributed by atoms with Gasteiger partial charge in [-0.1, -0.05) is 55.4 Å². The van der Waals surface area contributed by atoms with Gasteiger partial charge >= 0.3 is 1.43 Å². The van der Waals surface area contributed by atoms with Crippen LogP contribution < -0.4 is 0 Å². The summed E-state index contributed by atoms with van der Waals surface area (Å²) < 4.78 is 13.5. The number of halogens is 1. The Morgan fingerprint density at radius 2 is 1.96 bits per heavy atom. The zero-order valence-electron chi connectivity index (χ0n) is 16.4. The van der Waals surface area contributed by atoms with Crippen LogP contribution in [0.1, 0.15) is 55.3 Å². The molecule has 1 aliphatic rings. The molecule has 0 aromatic carbocycles. The minimum Gasteiger partial charge on any atom is -0.293 e. The van der Waals surface area contributed by atoms with Crippen LogP contribution in [0.5, 0.6) is 0 Å². The van der Waals surface area contributed by atoms with Crippen molar-refractivity contribution in [3.63, 3.8) is 0 Å². The maximum atomic E-state index is 13.5. The van der Waals surface area contributed by atoms with E-state index < -0.39 is 0 Å². The average Bonchev–Trinajstić information content (AvgIpc) is 2.46. The number of allylic oxidation sites excluding steroid dienone is 10. The van der Waals surface area contributed by atoms with Crippen molar-refractivity contribution in [3.05, 3.63) is 58.5 Å². The maximum Gasteiger partial charge on any atom is 1.00 e. The molecule has 0 amide bonds. The van der Waals surface area contributed by atoms with E-state index in [2.05, 4.69) is 44.8 Å². The summed E-state index contributed by atoms with van der Waals surface area (Å²) in [4.78, 5) is 3.68. The molecule has 0 unspecified atom stereocenters. The van der Waals surface area contributed by atoms with Crippen LogP contribution in [0, 0.1) is 5.41 Å². The summed E-state index contributed by atoms with van der Waals surface area (Å²) >= 11 is 0. The monoisotopic (exact) mass is 316 g/mol. The first-order valence-electron chi connectivity index (χ1n) is 8.29. The van der Waals surface area contributed by atoms with Crippen molar-refractivity contribution in [2.75, 3.05) is 7.05 Å². The van der Waals surface area contributed by atoms with Crippen LogP contribution in [-0.4, -0.2) is 13.3 Å². The second kappa shape index (κ2) is 8.81. The fourth-order valence-electron chi connectivity index (χ4n) is 2.92. The van der Waals surface area contributed by atoms with E-state index in [0.717, 1.165) is 5.57 Å². The van der Waals surface area contributed by atoms with Crippen molar-refractivity contribution in [2.24, 2.45) is 10.4 Å². The number of hydrogen-bond acceptors (Lipinski definition) is 1. The summed E-state index contributed by atoms with van der Waals surface area (Å²) in [5.74, 6) is -0.296. The summed E-state index contributed by atoms with van der Waals surface area (Å²) in [6.07, 6.45) is 15.0. The summed E-state index contributed by atoms with van der Waals surface area (Å²) in [6.45, 7) is 10.7. The average molecular weight is 316 g/mol. The standard InChI is InChI=1S/C21H30FN/c1-16(9-7-10-18(3)20(22)15-23-6)12-13-19-17(2)11-8-14-21(19,4)5/h7,9-10,12-13,15H,8,11,14H2,1-6H3/p+1/b10-7+,13-12+,16-9+,20-18-,23-15?. The number of nitrogens with zero attached hydrogens (tertiary/aromatic N) is 1. The van der Waals surface area contributed by atoms with Gasteiger partial charge in [0.05, 0.1) is 6.21 Å². The van der Waals surface area contributed by atoms with Gasteiger partial charge in [0.15, 0.2) is 0 Å². The lowest BCUT2D eigenvalue weighted by atomic mass is 9.72. The van der Waals surface area contributed by atoms with Gasteiger partial charge in [-0.15, -0.1) is 0 Å². The highest BCUT2D eigenvalue weighted by atomic mass is 19.1. The molecule has 0 heterocycles. The molecule has 1 nitrogen and oxygen atoms in total. The molecule has 0 saturated heterocycles. The van der Waals surface area contributed by atoms with E-state index in [9.17, 15) is 4.39 Å². The molecular formula is C21H31FN+. The van der Waals surface area contributed by atoms with Crippen LogP contribution in [0.3, 0.4) is 0 Å². The van der Waals surface area contributed by atoms with Crippen LogP contribution in [0.25, 0.3) is 0 Å². The quantitative estimate of drug-likeness (QED) is 0.399. The van der Waals surface area contributed by atoms with E-state index in [0.29, 0.717) is 5.57 Å². The van der Waals surface area contributed by atoms with E-state index in [-0.39, 0.29) is 12.7 Å². The number of aliphatic imine (C=N–C) groups is 1. The van der Waals surface area contributed by atoms with Crippen LogP contribution in [-0.2, 0) is 0 Å². The highest BCUT2D eigenvalue weighted by Crippen LogP contribution is 2.40. The number of rotatable bonds is 5. The van der Waals surface area contributed by atoms with E-state index in [1.54, 1.807) is 20.0 Å². The van der Waals surface area contributed by atoms with E-state index in [4.69, 9.17) is 0 Å². The number of hydrogen-bond donors (Lipinski definition) is 0. The second-order valence-electron chi connectivity index (χ2n) is 6.95. The molecular weight excluding hydrogens is 285 g/mol. The largest absolute Gasteiger partial charge is 1.00 e. The molecule has 0 aromatic heterocycles. The minimum absolute atomic E-state index is 0. The highest BCUT2D eigenvalue weighted by Gasteiger charge is 2.26. The summed E-state index contributed by atoms with van der Waals surface area (Å²) in [5, 5.41) is 0. The second-order valence-corrected chi connectivity index (χ2v) is 6.95. The topological polar surface area (TPSA) is 12.4 Å². The fourth-order valence-corrected chi connectivity index (χ4v) is 2.92. The molecule has 0 radical (unpaired) electrons. The molecule has 0 fully saturated rings. The Morgan fingerprint density at radius 1 is 1.26 bits per heavy atom. The summed E-state index contributed by atoms with van der Waals surface area (Å²) in [5.41, 5.74) is 4.95. The lowest BCUT2D eigenvalue weighted by Crippen LogP contribution is -2.19. The van der Waals surface area contributed by atoms with Gasteiger partial charge in [-0.2, -0.15) is 0 Å². The van der Waals surface area contributed by atoms with Gasteiger partial charge in [0.2, 0.25) is 0 Å². The lowest BCUT2D eigenvalue weighted by Gasteiger charge is -2.32. The molecule has 1 rings (SSSR count). The molecule has 126 valence electrons. The van der Waals surface area contributed by atoms with E-state index >= 15 is 0 Å². The normalized spacial score (nSPS) is 20.9. The first-order chi connectivity index (χ1) is 10.8. The van der Waals surface area contributed by atoms with Crippen molar-refractivity contribution in [2.45, 2.75) is 53.9 Å². The Morgan fingerprint density at radius 3 is 2.57 bits per heavy atom. The molecule has 0 aliphatic heterocycles. The molecule has 0 spiro atoms. The first kappa shape index (κ1) is 19.3. The third-order valence-corrected chi connectivity index (χ3v) is 4.38. The highest BCUT2D eigenvalue weighted by molar-refractivity contribution is 5.77. The molecule has 0 saturated carbocycles. The van der Waals surface area contributed by atoms with Crippen molar-refractivity contribution >= 4 is 6.21 Å². The molecule has 0 atom stereocenters. The van der Waals surface area contributed by atoms with Gasteiger partial charge in [0.25, 0.3) is 0 Å². The van der Waals surface area contributed by atoms with Gasteiger partial charge in [0, 0.05) is 7.05 Å². The molecule has 0 aromatic rings. The van der Waals surface area contributed by atoms with Crippen molar-refractivity contribution in [3.8, 4) is 0 Å². The molecule has 0 N–H and O–H groups in total. The Balaban J connectivity index is 0.00000529. The van der Waals surface area contributed by atoms with Crippen molar-refractivity contribution in [1.29, 1.82) is 0 Å². The summed E-state index contributed by atoms with van der Waals surface area (Å²) in [6, 6.07) is 0. The zero-order valence-corrected chi connectivity index (χ0v) is 15.4. The Bertz CT molecular complexity index is 601. The Labute approximate surface area is 142 Å². The zero-order chi connectivity index (χ0) is 17.5. The predicted octanol–water partition coefficient (Wildman–Crippen LogP) is 6.63. The van der Waals surface area contributed by atoms with Gasteiger partial charge < -0.3 is 0 Å². The molecule has 1 aliphatic carbocycles. The lowest BCUT2D eigenvalue weighted by molar-refractivity contribution is 0.377. The Hall–Kier alpha value is -1.70. The predicted molar refractivity (Wildman–Crippen MR) is 102 cm³/mol. The molecule has 0 bridgehead atoms. The molecule has 23 heavy (non-hydrogen) atoms. The summed E-state index contributed by atoms with van der Waals surface area (Å²) in [7, 11) is 1.56. The SMILES string of the molecule is CN=C/C(F)=C(C)/C=C/C=C(C)/C=C/C1=C(C)CCCC1(C)C.[H+]. The fraction of sp³-hybridized carbons (Fsp3) is 0.476. The van der Waals surface area contributed by atoms with Crippen molar-refractivity contribution in [1.82, 2.24) is 0 Å². The Kier molecular flexibility index (Phi) is 7.41. The van der Waals surface area contributed by atoms with Gasteiger partial charge in [-0.25, -0.2) is 4.39 Å². The van der Waals surface area contributed by atoms with Crippen LogP contribution in [0.2, 0.25) is 0 Å². The van der Waals surface area contributed by atoms with Crippen molar-refractivity contribution < 1.29 is 5.82 Å². The van der Waals surface area contributed by atoms with Crippen LogP contribution in [0.4, 0.5) is 4.39 Å². The van der Waals surface area contributed by atoms with E-state index in [1.807, 2.05) is 12.2 Å². The smallest absolute Gasteiger partial charge is 0.293 e. The van der Waals surface area contributed by atoms with E-state index in [1.165, 1.54) is 36.6 Å². The minimum atomic E-state index is -0.296. The first-order valence-corrected chi connectivity index (χ1v) is 8.29. The van der Waals surface area contributed by atoms with Gasteiger partial charge in [-0.3, -0.25) is 4.99 Å².